The Morgan fingerprint density at radius 3 is 2.42 bits per heavy atom. The number of halogens is 1. The zero-order valence-electron chi connectivity index (χ0n) is 10.3. The van der Waals surface area contributed by atoms with Crippen molar-refractivity contribution >= 4 is 11.6 Å². The van der Waals surface area contributed by atoms with Crippen LogP contribution in [0.1, 0.15) is 5.69 Å². The van der Waals surface area contributed by atoms with Crippen LogP contribution in [0.3, 0.4) is 0 Å². The van der Waals surface area contributed by atoms with Crippen molar-refractivity contribution in [3.05, 3.63) is 77.7 Å². The first kappa shape index (κ1) is 12.0. The Hall–Kier alpha value is -2.06. The Kier molecular flexibility index (Phi) is 3.34. The van der Waals surface area contributed by atoms with E-state index in [0.29, 0.717) is 6.54 Å². The molecule has 0 saturated carbocycles. The molecule has 2 heterocycles. The second kappa shape index (κ2) is 5.29. The summed E-state index contributed by atoms with van der Waals surface area (Å²) in [4.78, 5) is 4.35. The van der Waals surface area contributed by atoms with Crippen molar-refractivity contribution in [2.45, 2.75) is 6.54 Å². The van der Waals surface area contributed by atoms with Crippen LogP contribution >= 0.6 is 11.6 Å². The average molecular weight is 269 g/mol. The third kappa shape index (κ3) is 2.54. The molecule has 3 rings (SSSR count). The molecule has 94 valence electrons. The smallest absolute Gasteiger partial charge is 0.109 e. The van der Waals surface area contributed by atoms with Gasteiger partial charge in [-0.15, -0.1) is 0 Å². The molecule has 1 aromatic carbocycles. The van der Waals surface area contributed by atoms with E-state index in [2.05, 4.69) is 21.7 Å². The molecule has 0 saturated heterocycles. The van der Waals surface area contributed by atoms with Gasteiger partial charge in [0.15, 0.2) is 0 Å². The van der Waals surface area contributed by atoms with Crippen molar-refractivity contribution in [3.63, 3.8) is 0 Å². The quantitative estimate of drug-likeness (QED) is 0.694. The number of aromatic nitrogens is 2. The van der Waals surface area contributed by atoms with E-state index < -0.39 is 0 Å². The first-order valence-corrected chi connectivity index (χ1v) is 6.53. The van der Waals surface area contributed by atoms with Gasteiger partial charge >= 0.3 is 0 Å². The van der Waals surface area contributed by atoms with Crippen LogP contribution < -0.4 is 0 Å². The first-order chi connectivity index (χ1) is 9.34. The van der Waals surface area contributed by atoms with E-state index >= 15 is 0 Å². The molecule has 0 aliphatic rings. The van der Waals surface area contributed by atoms with Crippen LogP contribution in [-0.2, 0) is 6.54 Å². The highest BCUT2D eigenvalue weighted by Gasteiger charge is 2.09. The van der Waals surface area contributed by atoms with Gasteiger partial charge in [-0.2, -0.15) is 0 Å². The third-order valence-corrected chi connectivity index (χ3v) is 3.37. The van der Waals surface area contributed by atoms with Crippen LogP contribution in [0.4, 0.5) is 0 Å². The monoisotopic (exact) mass is 268 g/mol. The zero-order valence-corrected chi connectivity index (χ0v) is 11.1. The molecule has 3 aromatic rings. The molecule has 3 heteroatoms. The molecule has 0 aliphatic heterocycles. The van der Waals surface area contributed by atoms with Gasteiger partial charge in [-0.1, -0.05) is 48.0 Å². The van der Waals surface area contributed by atoms with Crippen molar-refractivity contribution in [3.8, 4) is 11.3 Å². The van der Waals surface area contributed by atoms with E-state index in [0.717, 1.165) is 22.1 Å². The van der Waals surface area contributed by atoms with E-state index in [-0.39, 0.29) is 0 Å². The topological polar surface area (TPSA) is 17.8 Å². The molecule has 0 spiro atoms. The van der Waals surface area contributed by atoms with Crippen molar-refractivity contribution in [1.82, 2.24) is 9.55 Å². The van der Waals surface area contributed by atoms with Crippen molar-refractivity contribution < 1.29 is 0 Å². The predicted octanol–water partition coefficient (Wildman–Crippen LogP) is 4.25. The fourth-order valence-corrected chi connectivity index (χ4v) is 2.33. The summed E-state index contributed by atoms with van der Waals surface area (Å²) in [7, 11) is 0. The van der Waals surface area contributed by atoms with Crippen LogP contribution in [0.5, 0.6) is 0 Å². The maximum absolute atomic E-state index is 6.28. The lowest BCUT2D eigenvalue weighted by molar-refractivity contribution is 0.789. The van der Waals surface area contributed by atoms with Crippen LogP contribution in [0.2, 0.25) is 5.15 Å². The molecular weight excluding hydrogens is 256 g/mol. The van der Waals surface area contributed by atoms with Gasteiger partial charge < -0.3 is 4.57 Å². The lowest BCUT2D eigenvalue weighted by Gasteiger charge is -2.10. The second-order valence-electron chi connectivity index (χ2n) is 4.31. The highest BCUT2D eigenvalue weighted by Crippen LogP contribution is 2.25. The Bertz CT molecular complexity index is 660. The molecule has 0 unspecified atom stereocenters. The highest BCUT2D eigenvalue weighted by atomic mass is 35.5. The van der Waals surface area contributed by atoms with E-state index in [1.54, 1.807) is 6.20 Å². The minimum atomic E-state index is 0.677. The fourth-order valence-electron chi connectivity index (χ4n) is 2.12. The van der Waals surface area contributed by atoms with E-state index in [9.17, 15) is 0 Å². The summed E-state index contributed by atoms with van der Waals surface area (Å²) in [5.74, 6) is 0. The maximum Gasteiger partial charge on any atom is 0.109 e. The summed E-state index contributed by atoms with van der Waals surface area (Å²) < 4.78 is 2.07. The second-order valence-corrected chi connectivity index (χ2v) is 4.70. The van der Waals surface area contributed by atoms with Crippen LogP contribution in [0.15, 0.2) is 66.9 Å². The minimum Gasteiger partial charge on any atom is -0.326 e. The summed E-state index contributed by atoms with van der Waals surface area (Å²) >= 11 is 6.28. The zero-order chi connectivity index (χ0) is 13.1. The molecular formula is C16H13ClN2. The molecule has 0 fully saturated rings. The molecule has 0 atom stereocenters. The van der Waals surface area contributed by atoms with Gasteiger partial charge in [0.2, 0.25) is 0 Å². The number of pyridine rings is 1. The summed E-state index contributed by atoms with van der Waals surface area (Å²) in [5.41, 5.74) is 3.26. The molecule has 0 aliphatic carbocycles. The summed E-state index contributed by atoms with van der Waals surface area (Å²) in [6, 6.07) is 20.1. The highest BCUT2D eigenvalue weighted by molar-refractivity contribution is 6.30. The third-order valence-electron chi connectivity index (χ3n) is 3.04. The maximum atomic E-state index is 6.28. The van der Waals surface area contributed by atoms with Gasteiger partial charge in [0.1, 0.15) is 5.15 Å². The standard InChI is InChI=1S/C16H13ClN2/c17-16-10-9-15(13-6-2-1-3-7-13)19(16)12-14-8-4-5-11-18-14/h1-11H,12H2. The van der Waals surface area contributed by atoms with Gasteiger partial charge in [0.25, 0.3) is 0 Å². The fraction of sp³-hybridized carbons (Fsp3) is 0.0625. The number of hydrogen-bond acceptors (Lipinski definition) is 1. The van der Waals surface area contributed by atoms with E-state index in [1.165, 1.54) is 0 Å². The number of nitrogens with zero attached hydrogens (tertiary/aromatic N) is 2. The number of benzene rings is 1. The molecule has 0 bridgehead atoms. The van der Waals surface area contributed by atoms with Gasteiger partial charge in [-0.05, 0) is 29.8 Å². The van der Waals surface area contributed by atoms with Crippen molar-refractivity contribution in [1.29, 1.82) is 0 Å². The minimum absolute atomic E-state index is 0.677. The summed E-state index contributed by atoms with van der Waals surface area (Å²) in [5, 5.41) is 0.726. The summed E-state index contributed by atoms with van der Waals surface area (Å²) in [6.07, 6.45) is 1.80. The average Bonchev–Trinajstić information content (AvgIpc) is 2.82. The Labute approximate surface area is 117 Å². The first-order valence-electron chi connectivity index (χ1n) is 6.15. The van der Waals surface area contributed by atoms with Crippen molar-refractivity contribution in [2.24, 2.45) is 0 Å². The molecule has 2 aromatic heterocycles. The van der Waals surface area contributed by atoms with Crippen LogP contribution in [0.25, 0.3) is 11.3 Å². The van der Waals surface area contributed by atoms with Crippen molar-refractivity contribution in [2.75, 3.05) is 0 Å². The van der Waals surface area contributed by atoms with Gasteiger partial charge in [-0.25, -0.2) is 0 Å². The largest absolute Gasteiger partial charge is 0.326 e. The van der Waals surface area contributed by atoms with E-state index in [4.69, 9.17) is 11.6 Å². The molecule has 0 radical (unpaired) electrons. The van der Waals surface area contributed by atoms with Gasteiger partial charge in [0, 0.05) is 11.9 Å². The lowest BCUT2D eigenvalue weighted by atomic mass is 10.1. The normalized spacial score (nSPS) is 10.6. The molecule has 0 amide bonds. The Balaban J connectivity index is 2.00. The molecule has 2 nitrogen and oxygen atoms in total. The Morgan fingerprint density at radius 2 is 1.68 bits per heavy atom. The SMILES string of the molecule is Clc1ccc(-c2ccccc2)n1Cc1ccccn1. The number of rotatable bonds is 3. The van der Waals surface area contributed by atoms with Gasteiger partial charge in [-0.3, -0.25) is 4.98 Å². The van der Waals surface area contributed by atoms with Crippen LogP contribution in [0, 0.1) is 0 Å². The Morgan fingerprint density at radius 1 is 0.895 bits per heavy atom. The van der Waals surface area contributed by atoms with Crippen LogP contribution in [-0.4, -0.2) is 9.55 Å². The predicted molar refractivity (Wildman–Crippen MR) is 78.2 cm³/mol. The van der Waals surface area contributed by atoms with Gasteiger partial charge in [0.05, 0.1) is 12.2 Å². The van der Waals surface area contributed by atoms with E-state index in [1.807, 2.05) is 48.5 Å². The summed E-state index contributed by atoms with van der Waals surface area (Å²) in [6.45, 7) is 0.677. The number of hydrogen-bond donors (Lipinski definition) is 0. The molecule has 19 heavy (non-hydrogen) atoms. The molecule has 0 N–H and O–H groups in total. The lowest BCUT2D eigenvalue weighted by Crippen LogP contribution is -2.03.